The third-order valence-electron chi connectivity index (χ3n) is 13.7. The van der Waals surface area contributed by atoms with E-state index in [9.17, 15) is 0 Å². The first-order chi connectivity index (χ1) is 29.3. The van der Waals surface area contributed by atoms with Crippen molar-refractivity contribution in [2.45, 2.75) is 0 Å². The van der Waals surface area contributed by atoms with Crippen molar-refractivity contribution in [3.05, 3.63) is 188 Å². The van der Waals surface area contributed by atoms with Gasteiger partial charge in [0.05, 0.1) is 33.1 Å². The molecule has 4 nitrogen and oxygen atoms in total. The summed E-state index contributed by atoms with van der Waals surface area (Å²) in [6, 6.07) is 70.2. The minimum atomic E-state index is 0.101. The third kappa shape index (κ3) is 3.60. The summed E-state index contributed by atoms with van der Waals surface area (Å²) in [7, 11) is 0. The van der Waals surface area contributed by atoms with E-state index in [1.165, 1.54) is 126 Å². The van der Waals surface area contributed by atoms with Gasteiger partial charge in [-0.25, -0.2) is 0 Å². The third-order valence-corrected chi connectivity index (χ3v) is 13.7. The Hall–Kier alpha value is -7.76. The smallest absolute Gasteiger partial charge is 0.252 e. The van der Waals surface area contributed by atoms with Gasteiger partial charge in [-0.2, -0.15) is 0 Å². The second kappa shape index (κ2) is 10.6. The van der Waals surface area contributed by atoms with Crippen LogP contribution in [0.1, 0.15) is 0 Å². The highest BCUT2D eigenvalue weighted by Crippen LogP contribution is 2.44. The molecule has 6 heterocycles. The first-order valence-electron chi connectivity index (χ1n) is 20.6. The fraction of sp³-hybridized carbons (Fsp3) is 0. The van der Waals surface area contributed by atoms with Gasteiger partial charge in [0, 0.05) is 76.9 Å². The molecule has 9 aromatic carbocycles. The van der Waals surface area contributed by atoms with Crippen LogP contribution in [0.4, 0.5) is 0 Å². The Bertz CT molecular complexity index is 3750. The van der Waals surface area contributed by atoms with Gasteiger partial charge < -0.3 is 18.3 Å². The normalized spacial score (nSPS) is 13.1. The topological polar surface area (TPSA) is 19.7 Å². The molecule has 0 bridgehead atoms. The van der Waals surface area contributed by atoms with Crippen molar-refractivity contribution < 1.29 is 0 Å². The molecule has 2 aliphatic heterocycles. The van der Waals surface area contributed by atoms with Gasteiger partial charge in [-0.15, -0.1) is 0 Å². The summed E-state index contributed by atoms with van der Waals surface area (Å²) in [6.45, 7) is 0.101. The summed E-state index contributed by atoms with van der Waals surface area (Å²) < 4.78 is 10.1. The van der Waals surface area contributed by atoms with Gasteiger partial charge in [0.2, 0.25) is 0 Å². The van der Waals surface area contributed by atoms with E-state index < -0.39 is 0 Å². The summed E-state index contributed by atoms with van der Waals surface area (Å²) in [5.74, 6) is 0. The fourth-order valence-corrected chi connectivity index (χ4v) is 11.5. The van der Waals surface area contributed by atoms with Crippen LogP contribution in [0.3, 0.4) is 0 Å². The van der Waals surface area contributed by atoms with Crippen LogP contribution in [0.2, 0.25) is 0 Å². The quantitative estimate of drug-likeness (QED) is 0.157. The zero-order valence-corrected chi connectivity index (χ0v) is 31.8. The van der Waals surface area contributed by atoms with Crippen LogP contribution in [0.25, 0.3) is 110 Å². The molecule has 0 spiro atoms. The second-order valence-electron chi connectivity index (χ2n) is 16.4. The maximum absolute atomic E-state index is 2.59. The lowest BCUT2D eigenvalue weighted by atomic mass is 9.34. The monoisotopic (exact) mass is 746 g/mol. The first kappa shape index (κ1) is 30.4. The Morgan fingerprint density at radius 2 is 0.644 bits per heavy atom. The summed E-state index contributed by atoms with van der Waals surface area (Å²) in [5, 5.41) is 10.2. The van der Waals surface area contributed by atoms with E-state index in [4.69, 9.17) is 0 Å². The predicted octanol–water partition coefficient (Wildman–Crippen LogP) is 11.2. The van der Waals surface area contributed by atoms with E-state index in [1.807, 2.05) is 0 Å². The minimum absolute atomic E-state index is 0.101. The number of aromatic nitrogens is 4. The molecule has 0 radical (unpaired) electrons. The van der Waals surface area contributed by atoms with Gasteiger partial charge in [-0.3, -0.25) is 0 Å². The van der Waals surface area contributed by atoms with Crippen molar-refractivity contribution in [3.8, 4) is 22.7 Å². The summed E-state index contributed by atoms with van der Waals surface area (Å²) >= 11 is 0. The zero-order valence-electron chi connectivity index (χ0n) is 31.8. The molecule has 0 aliphatic carbocycles. The Balaban J connectivity index is 1.07. The molecule has 0 amide bonds. The lowest BCUT2D eigenvalue weighted by Gasteiger charge is -2.33. The van der Waals surface area contributed by atoms with E-state index in [0.29, 0.717) is 0 Å². The summed E-state index contributed by atoms with van der Waals surface area (Å²) in [4.78, 5) is 0. The molecule has 270 valence electrons. The molecule has 5 heteroatoms. The van der Waals surface area contributed by atoms with Crippen LogP contribution in [0.5, 0.6) is 0 Å². The van der Waals surface area contributed by atoms with Crippen LogP contribution in [-0.4, -0.2) is 25.0 Å². The average Bonchev–Trinajstić information content (AvgIpc) is 4.01. The standard InChI is InChI=1S/C54H31BN4/c1-3-14-32(15-4-1)56-44-24-9-7-18-34(44)38-28-50-40(30-48(38)56)36-20-11-22-42-53(36)58(50)46-26-13-27-47-52(46)55(42)43-23-12-21-37-41-31-49-39(29-51(41)59(47)54(37)43)35-19-8-10-25-45(35)57(49)33-16-5-2-6-17-33/h1-31H. The predicted molar refractivity (Wildman–Crippen MR) is 248 cm³/mol. The van der Waals surface area contributed by atoms with Crippen molar-refractivity contribution in [3.63, 3.8) is 0 Å². The van der Waals surface area contributed by atoms with E-state index in [0.717, 1.165) is 0 Å². The van der Waals surface area contributed by atoms with Crippen molar-refractivity contribution in [1.82, 2.24) is 18.3 Å². The van der Waals surface area contributed by atoms with E-state index >= 15 is 0 Å². The van der Waals surface area contributed by atoms with Gasteiger partial charge >= 0.3 is 0 Å². The Morgan fingerprint density at radius 1 is 0.271 bits per heavy atom. The van der Waals surface area contributed by atoms with Gasteiger partial charge in [-0.05, 0) is 89.2 Å². The maximum Gasteiger partial charge on any atom is 0.252 e. The second-order valence-corrected chi connectivity index (χ2v) is 16.4. The van der Waals surface area contributed by atoms with Crippen LogP contribution >= 0.6 is 0 Å². The van der Waals surface area contributed by atoms with Crippen molar-refractivity contribution in [2.75, 3.05) is 0 Å². The number of hydrogen-bond acceptors (Lipinski definition) is 0. The number of benzene rings is 9. The molecule has 15 rings (SSSR count). The molecule has 59 heavy (non-hydrogen) atoms. The van der Waals surface area contributed by atoms with E-state index in [-0.39, 0.29) is 6.71 Å². The molecule has 4 aromatic heterocycles. The Morgan fingerprint density at radius 3 is 1.12 bits per heavy atom. The van der Waals surface area contributed by atoms with Gasteiger partial charge in [0.25, 0.3) is 6.71 Å². The Kier molecular flexibility index (Phi) is 5.46. The number of para-hydroxylation sites is 6. The van der Waals surface area contributed by atoms with Gasteiger partial charge in [-0.1, -0.05) is 115 Å². The minimum Gasteiger partial charge on any atom is -0.310 e. The van der Waals surface area contributed by atoms with Gasteiger partial charge in [0.1, 0.15) is 0 Å². The molecule has 0 N–H and O–H groups in total. The highest BCUT2D eigenvalue weighted by molar-refractivity contribution is 7.00. The van der Waals surface area contributed by atoms with Crippen LogP contribution in [0.15, 0.2) is 188 Å². The number of nitrogens with zero attached hydrogens (tertiary/aromatic N) is 4. The van der Waals surface area contributed by atoms with Crippen molar-refractivity contribution in [1.29, 1.82) is 0 Å². The van der Waals surface area contributed by atoms with Crippen molar-refractivity contribution in [2.24, 2.45) is 0 Å². The largest absolute Gasteiger partial charge is 0.310 e. The molecule has 0 atom stereocenters. The fourth-order valence-electron chi connectivity index (χ4n) is 11.5. The van der Waals surface area contributed by atoms with Gasteiger partial charge in [0.15, 0.2) is 0 Å². The zero-order chi connectivity index (χ0) is 38.1. The molecule has 13 aromatic rings. The number of fused-ring (bicyclic) bond motifs is 16. The first-order valence-corrected chi connectivity index (χ1v) is 20.6. The highest BCUT2D eigenvalue weighted by atomic mass is 15.0. The molecule has 0 saturated carbocycles. The van der Waals surface area contributed by atoms with Crippen LogP contribution < -0.4 is 16.4 Å². The number of hydrogen-bond donors (Lipinski definition) is 0. The molecular formula is C54H31BN4. The maximum atomic E-state index is 2.59. The lowest BCUT2D eigenvalue weighted by Crippen LogP contribution is -2.59. The molecule has 2 aliphatic rings. The summed E-state index contributed by atoms with van der Waals surface area (Å²) in [5.41, 5.74) is 19.1. The van der Waals surface area contributed by atoms with Crippen molar-refractivity contribution >= 4 is 110 Å². The average molecular weight is 747 g/mol. The molecular weight excluding hydrogens is 715 g/mol. The molecule has 0 fully saturated rings. The Labute approximate surface area is 338 Å². The number of rotatable bonds is 2. The highest BCUT2D eigenvalue weighted by Gasteiger charge is 2.40. The summed E-state index contributed by atoms with van der Waals surface area (Å²) in [6.07, 6.45) is 0. The molecule has 0 unspecified atom stereocenters. The van der Waals surface area contributed by atoms with E-state index in [2.05, 4.69) is 206 Å². The van der Waals surface area contributed by atoms with E-state index in [1.54, 1.807) is 0 Å². The van der Waals surface area contributed by atoms with Crippen LogP contribution in [0, 0.1) is 0 Å². The molecule has 0 saturated heterocycles. The van der Waals surface area contributed by atoms with Crippen LogP contribution in [-0.2, 0) is 0 Å². The lowest BCUT2D eigenvalue weighted by molar-refractivity contribution is 1.14. The SMILES string of the molecule is c1ccc(-n2c3ccccc3c3cc4c(cc32)c2cccc3c2n4-c2cccc4c2B3c2cccc3c5cc6c(cc5n-4c23)c2ccccc2n6-c2ccccc2)cc1.